The van der Waals surface area contributed by atoms with Crippen LogP contribution in [0, 0.1) is 11.8 Å². The molecule has 0 aromatic heterocycles. The van der Waals surface area contributed by atoms with E-state index in [0.717, 1.165) is 12.1 Å². The number of benzene rings is 1. The van der Waals surface area contributed by atoms with Gasteiger partial charge in [-0.15, -0.1) is 0 Å². The van der Waals surface area contributed by atoms with E-state index in [0.29, 0.717) is 0 Å². The molecule has 0 spiro atoms. The summed E-state index contributed by atoms with van der Waals surface area (Å²) in [5.41, 5.74) is 2.02. The number of nitrogens with one attached hydrogen (secondary N) is 1. The number of aliphatic hydroxyl groups excluding tert-OH is 1. The normalized spacial score (nSPS) is 12.5. The maximum atomic E-state index is 11.9. The second kappa shape index (κ2) is 6.40. The highest BCUT2D eigenvalue weighted by molar-refractivity contribution is 5.92. The summed E-state index contributed by atoms with van der Waals surface area (Å²) < 4.78 is 0. The Hall–Kier alpha value is -1.35. The molecule has 1 rings (SSSR count). The lowest BCUT2D eigenvalue weighted by atomic mass is 9.96. The van der Waals surface area contributed by atoms with Crippen LogP contribution in [0.2, 0.25) is 0 Å². The number of anilines is 1. The molecule has 1 aromatic rings. The van der Waals surface area contributed by atoms with E-state index in [9.17, 15) is 4.79 Å². The van der Waals surface area contributed by atoms with E-state index in [1.165, 1.54) is 5.56 Å². The Kier molecular flexibility index (Phi) is 5.16. The lowest BCUT2D eigenvalue weighted by molar-refractivity contribution is -0.122. The van der Waals surface area contributed by atoms with E-state index in [1.54, 1.807) is 0 Å². The number of hydrogen-bond donors (Lipinski definition) is 2. The molecule has 0 bridgehead atoms. The average Bonchev–Trinajstić information content (AvgIpc) is 2.30. The van der Waals surface area contributed by atoms with Crippen LogP contribution in [0.4, 0.5) is 5.69 Å². The zero-order chi connectivity index (χ0) is 12.8. The van der Waals surface area contributed by atoms with Gasteiger partial charge in [-0.1, -0.05) is 32.9 Å². The summed E-state index contributed by atoms with van der Waals surface area (Å²) in [6.45, 7) is 5.84. The van der Waals surface area contributed by atoms with Crippen LogP contribution in [0.1, 0.15) is 26.3 Å². The standard InChI is InChI=1S/C14H21NO2/c1-4-11-5-7-12(8-6-11)15-14(17)13(9-16)10(2)3/h5-8,10,13,16H,4,9H2,1-3H3,(H,15,17). The third-order valence-corrected chi connectivity index (χ3v) is 2.97. The summed E-state index contributed by atoms with van der Waals surface area (Å²) in [6, 6.07) is 7.79. The van der Waals surface area contributed by atoms with Gasteiger partial charge in [0, 0.05) is 5.69 Å². The highest BCUT2D eigenvalue weighted by Crippen LogP contribution is 2.15. The molecule has 0 aliphatic rings. The van der Waals surface area contributed by atoms with E-state index in [1.807, 2.05) is 38.1 Å². The van der Waals surface area contributed by atoms with E-state index in [4.69, 9.17) is 5.11 Å². The molecule has 3 nitrogen and oxygen atoms in total. The summed E-state index contributed by atoms with van der Waals surface area (Å²) in [7, 11) is 0. The monoisotopic (exact) mass is 235 g/mol. The molecule has 3 heteroatoms. The van der Waals surface area contributed by atoms with Crippen molar-refractivity contribution >= 4 is 11.6 Å². The van der Waals surface area contributed by atoms with Crippen LogP contribution >= 0.6 is 0 Å². The highest BCUT2D eigenvalue weighted by atomic mass is 16.3. The topological polar surface area (TPSA) is 49.3 Å². The first-order valence-corrected chi connectivity index (χ1v) is 6.09. The van der Waals surface area contributed by atoms with Gasteiger partial charge in [0.15, 0.2) is 0 Å². The van der Waals surface area contributed by atoms with Gasteiger partial charge in [0.1, 0.15) is 0 Å². The Bertz CT molecular complexity index is 357. The minimum absolute atomic E-state index is 0.115. The molecule has 94 valence electrons. The zero-order valence-electron chi connectivity index (χ0n) is 10.7. The predicted octanol–water partition coefficient (Wildman–Crippen LogP) is 2.45. The van der Waals surface area contributed by atoms with Crippen molar-refractivity contribution in [2.24, 2.45) is 11.8 Å². The summed E-state index contributed by atoms with van der Waals surface area (Å²) in [5, 5.41) is 12.0. The van der Waals surface area contributed by atoms with Gasteiger partial charge >= 0.3 is 0 Å². The average molecular weight is 235 g/mol. The third-order valence-electron chi connectivity index (χ3n) is 2.97. The third kappa shape index (κ3) is 3.86. The second-order valence-electron chi connectivity index (χ2n) is 4.57. The number of amides is 1. The Morgan fingerprint density at radius 3 is 2.29 bits per heavy atom. The molecule has 0 saturated heterocycles. The van der Waals surface area contributed by atoms with E-state index >= 15 is 0 Å². The second-order valence-corrected chi connectivity index (χ2v) is 4.57. The van der Waals surface area contributed by atoms with Crippen LogP contribution in [-0.4, -0.2) is 17.6 Å². The van der Waals surface area contributed by atoms with Crippen molar-refractivity contribution in [3.63, 3.8) is 0 Å². The van der Waals surface area contributed by atoms with Crippen LogP contribution in [0.3, 0.4) is 0 Å². The molecule has 0 saturated carbocycles. The van der Waals surface area contributed by atoms with Crippen LogP contribution in [-0.2, 0) is 11.2 Å². The molecule has 0 radical (unpaired) electrons. The van der Waals surface area contributed by atoms with E-state index in [-0.39, 0.29) is 24.3 Å². The van der Waals surface area contributed by atoms with Gasteiger partial charge in [0.25, 0.3) is 0 Å². The van der Waals surface area contributed by atoms with Gasteiger partial charge in [-0.2, -0.15) is 0 Å². The molecular formula is C14H21NO2. The number of aryl methyl sites for hydroxylation is 1. The summed E-state index contributed by atoms with van der Waals surface area (Å²) in [5.74, 6) is -0.331. The largest absolute Gasteiger partial charge is 0.396 e. The minimum atomic E-state index is -0.346. The summed E-state index contributed by atoms with van der Waals surface area (Å²) in [4.78, 5) is 11.9. The predicted molar refractivity (Wildman–Crippen MR) is 69.9 cm³/mol. The van der Waals surface area contributed by atoms with Gasteiger partial charge in [0.05, 0.1) is 12.5 Å². The van der Waals surface area contributed by atoms with Crippen molar-refractivity contribution in [1.29, 1.82) is 0 Å². The minimum Gasteiger partial charge on any atom is -0.396 e. The first-order valence-electron chi connectivity index (χ1n) is 6.09. The van der Waals surface area contributed by atoms with Crippen molar-refractivity contribution < 1.29 is 9.90 Å². The van der Waals surface area contributed by atoms with Crippen molar-refractivity contribution in [3.8, 4) is 0 Å². The Morgan fingerprint density at radius 2 is 1.88 bits per heavy atom. The number of carbonyl (C=O) groups is 1. The number of carbonyl (C=O) groups excluding carboxylic acids is 1. The van der Waals surface area contributed by atoms with Crippen molar-refractivity contribution in [3.05, 3.63) is 29.8 Å². The first kappa shape index (κ1) is 13.7. The number of rotatable bonds is 5. The fourth-order valence-electron chi connectivity index (χ4n) is 1.66. The molecule has 0 aliphatic heterocycles. The summed E-state index contributed by atoms with van der Waals surface area (Å²) in [6.07, 6.45) is 0.986. The molecule has 1 atom stereocenters. The van der Waals surface area contributed by atoms with Crippen LogP contribution in [0.5, 0.6) is 0 Å². The Labute approximate surface area is 103 Å². The van der Waals surface area contributed by atoms with Gasteiger partial charge < -0.3 is 10.4 Å². The molecule has 2 N–H and O–H groups in total. The zero-order valence-corrected chi connectivity index (χ0v) is 10.7. The molecule has 17 heavy (non-hydrogen) atoms. The molecular weight excluding hydrogens is 214 g/mol. The smallest absolute Gasteiger partial charge is 0.230 e. The first-order chi connectivity index (χ1) is 8.08. The van der Waals surface area contributed by atoms with Gasteiger partial charge in [-0.25, -0.2) is 0 Å². The summed E-state index contributed by atoms with van der Waals surface area (Å²) >= 11 is 0. The number of hydrogen-bond acceptors (Lipinski definition) is 2. The fourth-order valence-corrected chi connectivity index (χ4v) is 1.66. The van der Waals surface area contributed by atoms with Crippen molar-refractivity contribution in [2.75, 3.05) is 11.9 Å². The molecule has 1 aromatic carbocycles. The van der Waals surface area contributed by atoms with Crippen molar-refractivity contribution in [1.82, 2.24) is 0 Å². The number of aliphatic hydroxyl groups is 1. The SMILES string of the molecule is CCc1ccc(NC(=O)C(CO)C(C)C)cc1. The van der Waals surface area contributed by atoms with Crippen LogP contribution in [0.25, 0.3) is 0 Å². The Morgan fingerprint density at radius 1 is 1.29 bits per heavy atom. The molecule has 0 fully saturated rings. The van der Waals surface area contributed by atoms with Gasteiger partial charge in [-0.05, 0) is 30.0 Å². The molecule has 1 amide bonds. The molecule has 0 aliphatic carbocycles. The highest BCUT2D eigenvalue weighted by Gasteiger charge is 2.20. The Balaban J connectivity index is 2.66. The quantitative estimate of drug-likeness (QED) is 0.823. The lowest BCUT2D eigenvalue weighted by Crippen LogP contribution is -2.29. The lowest BCUT2D eigenvalue weighted by Gasteiger charge is -2.17. The van der Waals surface area contributed by atoms with Crippen LogP contribution in [0.15, 0.2) is 24.3 Å². The van der Waals surface area contributed by atoms with Gasteiger partial charge in [0.2, 0.25) is 5.91 Å². The maximum Gasteiger partial charge on any atom is 0.230 e. The van der Waals surface area contributed by atoms with Crippen molar-refractivity contribution in [2.45, 2.75) is 27.2 Å². The van der Waals surface area contributed by atoms with Gasteiger partial charge in [-0.3, -0.25) is 4.79 Å². The van der Waals surface area contributed by atoms with Crippen LogP contribution < -0.4 is 5.32 Å². The van der Waals surface area contributed by atoms with E-state index in [2.05, 4.69) is 12.2 Å². The maximum absolute atomic E-state index is 11.9. The molecule has 1 unspecified atom stereocenters. The fraction of sp³-hybridized carbons (Fsp3) is 0.500. The molecule has 0 heterocycles. The van der Waals surface area contributed by atoms with E-state index < -0.39 is 0 Å².